The molecule has 0 aliphatic heterocycles. The second-order valence-electron chi connectivity index (χ2n) is 2.38. The first-order chi connectivity index (χ1) is 6.25. The molecule has 0 saturated carbocycles. The standard InChI is InChI=1S/C6H4Cl3NO3S/c7-2-1-3(14(10,12)13)6(11)5(9)4(2)8/h1,11H,(H2,10,12,13). The molecule has 0 aliphatic carbocycles. The van der Waals surface area contributed by atoms with E-state index in [0.29, 0.717) is 0 Å². The average Bonchev–Trinajstić information content (AvgIpc) is 2.06. The SMILES string of the molecule is NS(=O)(=O)c1cc(Cl)c(Cl)c(Cl)c1O. The van der Waals surface area contributed by atoms with Crippen LogP contribution in [-0.4, -0.2) is 13.5 Å². The van der Waals surface area contributed by atoms with Crippen molar-refractivity contribution in [1.29, 1.82) is 0 Å². The lowest BCUT2D eigenvalue weighted by molar-refractivity contribution is 0.459. The molecule has 1 aromatic carbocycles. The van der Waals surface area contributed by atoms with Crippen LogP contribution in [0.25, 0.3) is 0 Å². The lowest BCUT2D eigenvalue weighted by Crippen LogP contribution is -2.12. The van der Waals surface area contributed by atoms with Crippen molar-refractivity contribution < 1.29 is 13.5 Å². The third kappa shape index (κ3) is 2.07. The van der Waals surface area contributed by atoms with Crippen LogP contribution in [0.3, 0.4) is 0 Å². The topological polar surface area (TPSA) is 80.4 Å². The number of rotatable bonds is 1. The Hall–Kier alpha value is -0.200. The van der Waals surface area contributed by atoms with Gasteiger partial charge in [-0.3, -0.25) is 0 Å². The molecule has 1 aromatic rings. The van der Waals surface area contributed by atoms with Gasteiger partial charge in [0.25, 0.3) is 0 Å². The normalized spacial score (nSPS) is 11.7. The van der Waals surface area contributed by atoms with E-state index in [4.69, 9.17) is 39.9 Å². The number of phenols is 1. The van der Waals surface area contributed by atoms with E-state index in [-0.39, 0.29) is 15.1 Å². The summed E-state index contributed by atoms with van der Waals surface area (Å²) in [6.07, 6.45) is 0. The van der Waals surface area contributed by atoms with Gasteiger partial charge in [-0.05, 0) is 6.07 Å². The van der Waals surface area contributed by atoms with Gasteiger partial charge in [-0.2, -0.15) is 0 Å². The summed E-state index contributed by atoms with van der Waals surface area (Å²) in [5, 5.41) is 13.5. The Morgan fingerprint density at radius 2 is 1.71 bits per heavy atom. The average molecular weight is 277 g/mol. The Kier molecular flexibility index (Phi) is 3.18. The maximum absolute atomic E-state index is 10.9. The fourth-order valence-electron chi connectivity index (χ4n) is 0.781. The highest BCUT2D eigenvalue weighted by Gasteiger charge is 2.20. The van der Waals surface area contributed by atoms with E-state index in [0.717, 1.165) is 6.07 Å². The monoisotopic (exact) mass is 275 g/mol. The third-order valence-corrected chi connectivity index (χ3v) is 3.58. The van der Waals surface area contributed by atoms with Crippen molar-refractivity contribution >= 4 is 44.8 Å². The molecule has 0 spiro atoms. The van der Waals surface area contributed by atoms with Crippen LogP contribution in [0.15, 0.2) is 11.0 Å². The van der Waals surface area contributed by atoms with E-state index >= 15 is 0 Å². The highest BCUT2D eigenvalue weighted by Crippen LogP contribution is 2.40. The van der Waals surface area contributed by atoms with Gasteiger partial charge < -0.3 is 5.11 Å². The molecule has 1 rings (SSSR count). The molecule has 0 aromatic heterocycles. The summed E-state index contributed by atoms with van der Waals surface area (Å²) in [4.78, 5) is -0.558. The van der Waals surface area contributed by atoms with Crippen LogP contribution < -0.4 is 5.14 Å². The summed E-state index contributed by atoms with van der Waals surface area (Å²) in [6, 6.07) is 0.931. The van der Waals surface area contributed by atoms with Gasteiger partial charge in [0.15, 0.2) is 5.75 Å². The fourth-order valence-corrected chi connectivity index (χ4v) is 2.15. The summed E-state index contributed by atoms with van der Waals surface area (Å²) < 4.78 is 21.9. The number of halogens is 3. The van der Waals surface area contributed by atoms with E-state index in [1.165, 1.54) is 0 Å². The number of aromatic hydroxyl groups is 1. The molecule has 0 radical (unpaired) electrons. The predicted molar refractivity (Wildman–Crippen MR) is 54.5 cm³/mol. The smallest absolute Gasteiger partial charge is 0.241 e. The number of benzene rings is 1. The van der Waals surface area contributed by atoms with Gasteiger partial charge in [0.2, 0.25) is 10.0 Å². The molecule has 0 aliphatic rings. The van der Waals surface area contributed by atoms with Crippen molar-refractivity contribution in [2.45, 2.75) is 4.90 Å². The molecule has 8 heteroatoms. The first-order valence-electron chi connectivity index (χ1n) is 3.14. The largest absolute Gasteiger partial charge is 0.505 e. The zero-order valence-electron chi connectivity index (χ0n) is 6.46. The van der Waals surface area contributed by atoms with E-state index in [1.807, 2.05) is 0 Å². The Labute approximate surface area is 95.2 Å². The number of hydrogen-bond acceptors (Lipinski definition) is 3. The summed E-state index contributed by atoms with van der Waals surface area (Å²) in [5.41, 5.74) is 0. The molecule has 0 unspecified atom stereocenters. The van der Waals surface area contributed by atoms with Gasteiger partial charge in [-0.25, -0.2) is 13.6 Å². The second kappa shape index (κ2) is 3.75. The maximum atomic E-state index is 10.9. The van der Waals surface area contributed by atoms with Crippen LogP contribution in [0.1, 0.15) is 0 Å². The third-order valence-electron chi connectivity index (χ3n) is 1.41. The highest BCUT2D eigenvalue weighted by molar-refractivity contribution is 7.89. The van der Waals surface area contributed by atoms with Crippen molar-refractivity contribution in [2.75, 3.05) is 0 Å². The van der Waals surface area contributed by atoms with Crippen molar-refractivity contribution in [3.63, 3.8) is 0 Å². The first kappa shape index (κ1) is 11.9. The predicted octanol–water partition coefficient (Wildman–Crippen LogP) is 2.00. The molecule has 78 valence electrons. The van der Waals surface area contributed by atoms with E-state index in [9.17, 15) is 13.5 Å². The Morgan fingerprint density at radius 3 is 2.14 bits per heavy atom. The second-order valence-corrected chi connectivity index (χ2v) is 5.07. The van der Waals surface area contributed by atoms with Gasteiger partial charge in [0.05, 0.1) is 10.0 Å². The first-order valence-corrected chi connectivity index (χ1v) is 5.82. The number of phenolic OH excluding ortho intramolecular Hbond substituents is 1. The molecular weight excluding hydrogens is 272 g/mol. The zero-order valence-corrected chi connectivity index (χ0v) is 9.54. The van der Waals surface area contributed by atoms with Crippen LogP contribution in [-0.2, 0) is 10.0 Å². The van der Waals surface area contributed by atoms with Gasteiger partial charge in [-0.15, -0.1) is 0 Å². The van der Waals surface area contributed by atoms with E-state index in [2.05, 4.69) is 0 Å². The Bertz CT molecular complexity index is 486. The summed E-state index contributed by atoms with van der Waals surface area (Å²) in [7, 11) is -4.07. The Morgan fingerprint density at radius 1 is 1.21 bits per heavy atom. The number of primary sulfonamides is 1. The molecule has 0 amide bonds. The van der Waals surface area contributed by atoms with E-state index < -0.39 is 20.7 Å². The summed E-state index contributed by atoms with van der Waals surface area (Å²) in [6.45, 7) is 0. The Balaban J connectivity index is 3.66. The molecule has 14 heavy (non-hydrogen) atoms. The van der Waals surface area contributed by atoms with Crippen molar-refractivity contribution in [1.82, 2.24) is 0 Å². The molecule has 4 nitrogen and oxygen atoms in total. The minimum absolute atomic E-state index is 0.0986. The summed E-state index contributed by atoms with van der Waals surface area (Å²) >= 11 is 16.6. The number of nitrogens with two attached hydrogens (primary N) is 1. The van der Waals surface area contributed by atoms with Crippen LogP contribution in [0, 0.1) is 0 Å². The molecule has 0 heterocycles. The van der Waals surface area contributed by atoms with Crippen molar-refractivity contribution in [2.24, 2.45) is 5.14 Å². The van der Waals surface area contributed by atoms with Crippen LogP contribution >= 0.6 is 34.8 Å². The molecule has 0 bridgehead atoms. The quantitative estimate of drug-likeness (QED) is 0.770. The minimum Gasteiger partial charge on any atom is -0.505 e. The van der Waals surface area contributed by atoms with Crippen molar-refractivity contribution in [3.8, 4) is 5.75 Å². The molecule has 3 N–H and O–H groups in total. The maximum Gasteiger partial charge on any atom is 0.241 e. The van der Waals surface area contributed by atoms with Crippen LogP contribution in [0.4, 0.5) is 0 Å². The van der Waals surface area contributed by atoms with Gasteiger partial charge >= 0.3 is 0 Å². The van der Waals surface area contributed by atoms with Crippen molar-refractivity contribution in [3.05, 3.63) is 21.1 Å². The molecule has 0 fully saturated rings. The number of sulfonamides is 1. The van der Waals surface area contributed by atoms with Crippen LogP contribution in [0.2, 0.25) is 15.1 Å². The highest BCUT2D eigenvalue weighted by atomic mass is 35.5. The summed E-state index contributed by atoms with van der Waals surface area (Å²) in [5.74, 6) is -0.705. The lowest BCUT2D eigenvalue weighted by Gasteiger charge is -2.06. The van der Waals surface area contributed by atoms with Crippen LogP contribution in [0.5, 0.6) is 5.75 Å². The fraction of sp³-hybridized carbons (Fsp3) is 0. The minimum atomic E-state index is -4.07. The van der Waals surface area contributed by atoms with E-state index in [1.54, 1.807) is 0 Å². The molecule has 0 saturated heterocycles. The molecule has 0 atom stereocenters. The molecular formula is C6H4Cl3NO3S. The lowest BCUT2D eigenvalue weighted by atomic mass is 10.3. The van der Waals surface area contributed by atoms with Gasteiger partial charge in [-0.1, -0.05) is 34.8 Å². The number of hydrogen-bond donors (Lipinski definition) is 2. The van der Waals surface area contributed by atoms with Gasteiger partial charge in [0.1, 0.15) is 9.92 Å². The van der Waals surface area contributed by atoms with Gasteiger partial charge in [0, 0.05) is 0 Å². The zero-order chi connectivity index (χ0) is 11.1.